The molecule has 3 saturated carbocycles. The van der Waals surface area contributed by atoms with Gasteiger partial charge in [0.25, 0.3) is 0 Å². The molecule has 0 saturated heterocycles. The summed E-state index contributed by atoms with van der Waals surface area (Å²) in [5.41, 5.74) is -1.04. The van der Waals surface area contributed by atoms with Crippen LogP contribution in [-0.4, -0.2) is 22.8 Å². The molecule has 6 atom stereocenters. The van der Waals surface area contributed by atoms with Crippen molar-refractivity contribution in [3.63, 3.8) is 0 Å². The van der Waals surface area contributed by atoms with Crippen LogP contribution in [0.25, 0.3) is 0 Å². The maximum Gasteiger partial charge on any atom is 0.312 e. The van der Waals surface area contributed by atoms with E-state index in [4.69, 9.17) is 4.74 Å². The molecular formula is C21H36O3. The monoisotopic (exact) mass is 336 g/mol. The van der Waals surface area contributed by atoms with Gasteiger partial charge in [0.15, 0.2) is 0 Å². The Bertz CT molecular complexity index is 502. The Morgan fingerprint density at radius 3 is 2.38 bits per heavy atom. The zero-order chi connectivity index (χ0) is 17.9. The molecule has 3 fully saturated rings. The van der Waals surface area contributed by atoms with Crippen molar-refractivity contribution in [3.05, 3.63) is 0 Å². The molecule has 3 aliphatic rings. The molecule has 0 amide bonds. The van der Waals surface area contributed by atoms with Crippen molar-refractivity contribution in [2.24, 2.45) is 34.5 Å². The first-order valence-electron chi connectivity index (χ1n) is 9.87. The van der Waals surface area contributed by atoms with E-state index in [1.165, 1.54) is 6.42 Å². The van der Waals surface area contributed by atoms with E-state index < -0.39 is 11.0 Å². The largest absolute Gasteiger partial charge is 0.459 e. The van der Waals surface area contributed by atoms with E-state index in [0.29, 0.717) is 24.2 Å². The normalized spacial score (nSPS) is 40.7. The molecule has 1 N–H and O–H groups in total. The topological polar surface area (TPSA) is 46.5 Å². The Hall–Kier alpha value is -0.570. The summed E-state index contributed by atoms with van der Waals surface area (Å²) in [5.74, 6) is 2.47. The summed E-state index contributed by atoms with van der Waals surface area (Å²) in [6.45, 7) is 12.8. The van der Waals surface area contributed by atoms with Crippen molar-refractivity contribution >= 4 is 5.97 Å². The highest BCUT2D eigenvalue weighted by Crippen LogP contribution is 2.61. The van der Waals surface area contributed by atoms with Gasteiger partial charge in [-0.15, -0.1) is 0 Å². The van der Waals surface area contributed by atoms with Crippen LogP contribution < -0.4 is 0 Å². The van der Waals surface area contributed by atoms with Crippen LogP contribution in [-0.2, 0) is 9.53 Å². The highest BCUT2D eigenvalue weighted by Gasteiger charge is 2.60. The van der Waals surface area contributed by atoms with Gasteiger partial charge in [0.1, 0.15) is 5.60 Å². The van der Waals surface area contributed by atoms with E-state index in [-0.39, 0.29) is 17.5 Å². The number of aliphatic hydroxyl groups excluding tert-OH is 1. The van der Waals surface area contributed by atoms with Crippen molar-refractivity contribution in [2.45, 2.75) is 91.8 Å². The van der Waals surface area contributed by atoms with Crippen molar-refractivity contribution < 1.29 is 14.6 Å². The van der Waals surface area contributed by atoms with Crippen molar-refractivity contribution in [1.29, 1.82) is 0 Å². The third-order valence-corrected chi connectivity index (χ3v) is 7.47. The summed E-state index contributed by atoms with van der Waals surface area (Å²) < 4.78 is 6.31. The van der Waals surface area contributed by atoms with Gasteiger partial charge in [-0.1, -0.05) is 34.6 Å². The summed E-state index contributed by atoms with van der Waals surface area (Å²) >= 11 is 0. The first kappa shape index (κ1) is 18.2. The highest BCUT2D eigenvalue weighted by molar-refractivity contribution is 5.78. The Morgan fingerprint density at radius 2 is 1.79 bits per heavy atom. The summed E-state index contributed by atoms with van der Waals surface area (Å²) in [7, 11) is 0. The van der Waals surface area contributed by atoms with Gasteiger partial charge >= 0.3 is 5.97 Å². The maximum absolute atomic E-state index is 13.3. The molecule has 6 unspecified atom stereocenters. The molecule has 0 aliphatic heterocycles. The van der Waals surface area contributed by atoms with Crippen LogP contribution in [0.2, 0.25) is 0 Å². The number of hydrogen-bond acceptors (Lipinski definition) is 3. The van der Waals surface area contributed by atoms with Gasteiger partial charge in [0.05, 0.1) is 11.5 Å². The van der Waals surface area contributed by atoms with Gasteiger partial charge in [-0.2, -0.15) is 0 Å². The van der Waals surface area contributed by atoms with E-state index in [9.17, 15) is 9.90 Å². The van der Waals surface area contributed by atoms with Crippen molar-refractivity contribution in [3.8, 4) is 0 Å². The standard InChI is InChI=1S/C21H36O3/c1-13(2)9-20(6,19(3,4)5)18(23)24-21-10-15-7-14(17(15)12-21)8-16(22)11-21/h13-17,22H,7-12H2,1-6H3. The molecule has 0 heterocycles. The van der Waals surface area contributed by atoms with Crippen LogP contribution in [0.5, 0.6) is 0 Å². The lowest BCUT2D eigenvalue weighted by atomic mass is 9.64. The molecular weight excluding hydrogens is 300 g/mol. The lowest BCUT2D eigenvalue weighted by Gasteiger charge is -2.44. The van der Waals surface area contributed by atoms with Crippen molar-refractivity contribution in [2.75, 3.05) is 0 Å². The lowest BCUT2D eigenvalue weighted by Crippen LogP contribution is -2.47. The predicted octanol–water partition coefficient (Wildman–Crippen LogP) is 4.57. The number of rotatable bonds is 4. The number of carbonyl (C=O) groups is 1. The number of aliphatic hydroxyl groups is 1. The minimum atomic E-state index is -0.492. The van der Waals surface area contributed by atoms with Gasteiger partial charge in [0, 0.05) is 6.42 Å². The minimum absolute atomic E-state index is 0.0457. The number of ether oxygens (including phenoxy) is 1. The number of fused-ring (bicyclic) bond motifs is 1. The minimum Gasteiger partial charge on any atom is -0.459 e. The summed E-state index contributed by atoms with van der Waals surface area (Å²) in [6, 6.07) is 0. The fraction of sp³-hybridized carbons (Fsp3) is 0.952. The molecule has 3 aliphatic carbocycles. The van der Waals surface area contributed by atoms with Crippen LogP contribution in [0.15, 0.2) is 0 Å². The molecule has 24 heavy (non-hydrogen) atoms. The predicted molar refractivity (Wildman–Crippen MR) is 95.4 cm³/mol. The molecule has 0 aromatic rings. The summed E-state index contributed by atoms with van der Waals surface area (Å²) in [6.07, 6.45) is 5.26. The molecule has 3 nitrogen and oxygen atoms in total. The zero-order valence-corrected chi connectivity index (χ0v) is 16.4. The van der Waals surface area contributed by atoms with E-state index in [0.717, 1.165) is 31.6 Å². The van der Waals surface area contributed by atoms with E-state index in [1.807, 2.05) is 0 Å². The molecule has 2 bridgehead atoms. The summed E-state index contributed by atoms with van der Waals surface area (Å²) in [4.78, 5) is 13.3. The van der Waals surface area contributed by atoms with Crippen LogP contribution >= 0.6 is 0 Å². The third-order valence-electron chi connectivity index (χ3n) is 7.47. The Kier molecular flexibility index (Phi) is 4.35. The smallest absolute Gasteiger partial charge is 0.312 e. The third kappa shape index (κ3) is 2.91. The van der Waals surface area contributed by atoms with Gasteiger partial charge in [0.2, 0.25) is 0 Å². The second-order valence-electron chi connectivity index (χ2n) is 10.7. The number of esters is 1. The second-order valence-corrected chi connectivity index (χ2v) is 10.7. The fourth-order valence-electron chi connectivity index (χ4n) is 5.73. The lowest BCUT2D eigenvalue weighted by molar-refractivity contribution is -0.183. The van der Waals surface area contributed by atoms with Crippen LogP contribution in [0.4, 0.5) is 0 Å². The first-order valence-corrected chi connectivity index (χ1v) is 9.87. The average molecular weight is 337 g/mol. The average Bonchev–Trinajstić information content (AvgIpc) is 2.60. The fourth-order valence-corrected chi connectivity index (χ4v) is 5.73. The molecule has 0 spiro atoms. The molecule has 3 heteroatoms. The van der Waals surface area contributed by atoms with Gasteiger partial charge in [-0.3, -0.25) is 4.79 Å². The number of carbonyl (C=O) groups excluding carboxylic acids is 1. The van der Waals surface area contributed by atoms with Gasteiger partial charge in [-0.05, 0) is 68.1 Å². The molecule has 3 rings (SSSR count). The molecule has 0 radical (unpaired) electrons. The summed E-state index contributed by atoms with van der Waals surface area (Å²) in [5, 5.41) is 10.4. The highest BCUT2D eigenvalue weighted by atomic mass is 16.6. The van der Waals surface area contributed by atoms with Gasteiger partial charge < -0.3 is 9.84 Å². The van der Waals surface area contributed by atoms with E-state index in [2.05, 4.69) is 41.5 Å². The van der Waals surface area contributed by atoms with Crippen molar-refractivity contribution in [1.82, 2.24) is 0 Å². The van der Waals surface area contributed by atoms with E-state index >= 15 is 0 Å². The quantitative estimate of drug-likeness (QED) is 0.765. The SMILES string of the molecule is CC(C)CC(C)(C(=O)OC12CC(O)CC3CC(C1)C3C2)C(C)(C)C. The first-order chi connectivity index (χ1) is 11.0. The molecule has 0 aromatic carbocycles. The molecule has 138 valence electrons. The Balaban J connectivity index is 1.82. The van der Waals surface area contributed by atoms with Gasteiger partial charge in [-0.25, -0.2) is 0 Å². The van der Waals surface area contributed by atoms with E-state index in [1.54, 1.807) is 0 Å². The Labute approximate surface area is 147 Å². The maximum atomic E-state index is 13.3. The van der Waals surface area contributed by atoms with Crippen LogP contribution in [0, 0.1) is 34.5 Å². The second kappa shape index (κ2) is 5.72. The van der Waals surface area contributed by atoms with Crippen LogP contribution in [0.3, 0.4) is 0 Å². The zero-order valence-electron chi connectivity index (χ0n) is 16.4. The number of hydrogen-bond donors (Lipinski definition) is 1. The Morgan fingerprint density at radius 1 is 1.12 bits per heavy atom. The van der Waals surface area contributed by atoms with Crippen LogP contribution in [0.1, 0.15) is 80.1 Å². The molecule has 0 aromatic heterocycles.